The number of nitrogens with zero attached hydrogens (tertiary/aromatic N) is 1. The van der Waals surface area contributed by atoms with Crippen LogP contribution < -0.4 is 0 Å². The number of amides is 1. The molecule has 1 heterocycles. The Bertz CT molecular complexity index is 396. The van der Waals surface area contributed by atoms with Crippen molar-refractivity contribution in [3.05, 3.63) is 30.3 Å². The lowest BCUT2D eigenvalue weighted by Crippen LogP contribution is -2.29. The van der Waals surface area contributed by atoms with Crippen molar-refractivity contribution in [1.82, 2.24) is 4.90 Å². The Labute approximate surface area is 119 Å². The normalized spacial score (nSPS) is 18.8. The molecule has 1 fully saturated rings. The molecule has 0 aliphatic carbocycles. The Hall–Kier alpha value is -1.00. The Balaban J connectivity index is 1.68. The second-order valence-corrected chi connectivity index (χ2v) is 6.09. The third kappa shape index (κ3) is 4.55. The average Bonchev–Trinajstić information content (AvgIpc) is 2.89. The molecule has 1 unspecified atom stereocenters. The summed E-state index contributed by atoms with van der Waals surface area (Å²) in [7, 11) is 0. The summed E-state index contributed by atoms with van der Waals surface area (Å²) in [6.45, 7) is 1.92. The van der Waals surface area contributed by atoms with Crippen molar-refractivity contribution in [2.45, 2.75) is 24.2 Å². The number of carbonyl (C=O) groups is 1. The van der Waals surface area contributed by atoms with Crippen molar-refractivity contribution in [2.24, 2.45) is 5.92 Å². The lowest BCUT2D eigenvalue weighted by atomic mass is 10.1. The van der Waals surface area contributed by atoms with Crippen molar-refractivity contribution in [2.75, 3.05) is 25.4 Å². The topological polar surface area (TPSA) is 40.5 Å². The first-order valence-corrected chi connectivity index (χ1v) is 7.84. The van der Waals surface area contributed by atoms with Gasteiger partial charge in [0.2, 0.25) is 5.91 Å². The molecule has 19 heavy (non-hydrogen) atoms. The van der Waals surface area contributed by atoms with Gasteiger partial charge in [-0.05, 0) is 30.9 Å². The van der Waals surface area contributed by atoms with Crippen LogP contribution in [0.25, 0.3) is 0 Å². The molecule has 2 rings (SSSR count). The fourth-order valence-electron chi connectivity index (χ4n) is 2.41. The molecule has 1 aromatic rings. The molecule has 4 heteroatoms. The van der Waals surface area contributed by atoms with E-state index in [4.69, 9.17) is 5.11 Å². The van der Waals surface area contributed by atoms with Gasteiger partial charge in [0.1, 0.15) is 0 Å². The summed E-state index contributed by atoms with van der Waals surface area (Å²) in [5.41, 5.74) is 0. The van der Waals surface area contributed by atoms with Crippen LogP contribution in [0, 0.1) is 5.92 Å². The van der Waals surface area contributed by atoms with Crippen LogP contribution in [0.4, 0.5) is 0 Å². The molecule has 0 bridgehead atoms. The molecule has 3 nitrogen and oxygen atoms in total. The smallest absolute Gasteiger partial charge is 0.223 e. The van der Waals surface area contributed by atoms with Gasteiger partial charge in [-0.2, -0.15) is 0 Å². The quantitative estimate of drug-likeness (QED) is 0.813. The van der Waals surface area contributed by atoms with E-state index in [9.17, 15) is 4.79 Å². The predicted octanol–water partition coefficient (Wildman–Crippen LogP) is 2.40. The first-order valence-electron chi connectivity index (χ1n) is 6.86. The van der Waals surface area contributed by atoms with Crippen LogP contribution >= 0.6 is 11.8 Å². The van der Waals surface area contributed by atoms with E-state index in [0.29, 0.717) is 12.3 Å². The highest BCUT2D eigenvalue weighted by atomic mass is 32.2. The molecule has 0 spiro atoms. The molecule has 104 valence electrons. The van der Waals surface area contributed by atoms with Gasteiger partial charge in [-0.15, -0.1) is 11.8 Å². The minimum Gasteiger partial charge on any atom is -0.396 e. The van der Waals surface area contributed by atoms with Crippen LogP contribution in [0.1, 0.15) is 19.3 Å². The van der Waals surface area contributed by atoms with E-state index in [1.54, 1.807) is 11.8 Å². The summed E-state index contributed by atoms with van der Waals surface area (Å²) in [6, 6.07) is 10.2. The molecule has 0 aromatic heterocycles. The van der Waals surface area contributed by atoms with Gasteiger partial charge < -0.3 is 10.0 Å². The summed E-state index contributed by atoms with van der Waals surface area (Å²) in [5.74, 6) is 1.59. The highest BCUT2D eigenvalue weighted by molar-refractivity contribution is 7.99. The molecule has 0 saturated carbocycles. The zero-order valence-corrected chi connectivity index (χ0v) is 11.9. The lowest BCUT2D eigenvalue weighted by molar-refractivity contribution is -0.129. The van der Waals surface area contributed by atoms with Gasteiger partial charge in [0.25, 0.3) is 0 Å². The number of benzene rings is 1. The molecule has 1 aliphatic rings. The third-order valence-corrected chi connectivity index (χ3v) is 4.52. The zero-order chi connectivity index (χ0) is 13.5. The second kappa shape index (κ2) is 7.56. The van der Waals surface area contributed by atoms with Crippen LogP contribution in [0.3, 0.4) is 0 Å². The van der Waals surface area contributed by atoms with Gasteiger partial charge in [0.05, 0.1) is 0 Å². The van der Waals surface area contributed by atoms with Crippen molar-refractivity contribution >= 4 is 17.7 Å². The van der Waals surface area contributed by atoms with Crippen molar-refractivity contribution < 1.29 is 9.90 Å². The van der Waals surface area contributed by atoms with Gasteiger partial charge in [0.15, 0.2) is 0 Å². The summed E-state index contributed by atoms with van der Waals surface area (Å²) < 4.78 is 0. The van der Waals surface area contributed by atoms with E-state index in [1.165, 1.54) is 4.90 Å². The van der Waals surface area contributed by atoms with E-state index >= 15 is 0 Å². The molecular formula is C15H21NO2S. The molecule has 1 aliphatic heterocycles. The maximum absolute atomic E-state index is 12.0. The van der Waals surface area contributed by atoms with Crippen LogP contribution in [0.2, 0.25) is 0 Å². The molecule has 1 N–H and O–H groups in total. The first kappa shape index (κ1) is 14.4. The number of thioether (sulfide) groups is 1. The van der Waals surface area contributed by atoms with Crippen molar-refractivity contribution in [3.63, 3.8) is 0 Å². The van der Waals surface area contributed by atoms with E-state index in [2.05, 4.69) is 12.1 Å². The highest BCUT2D eigenvalue weighted by Gasteiger charge is 2.25. The molecular weight excluding hydrogens is 258 g/mol. The van der Waals surface area contributed by atoms with E-state index < -0.39 is 0 Å². The Morgan fingerprint density at radius 3 is 2.89 bits per heavy atom. The van der Waals surface area contributed by atoms with E-state index in [0.717, 1.165) is 31.7 Å². The maximum atomic E-state index is 12.0. The van der Waals surface area contributed by atoms with E-state index in [-0.39, 0.29) is 12.5 Å². The molecule has 1 aromatic carbocycles. The Kier molecular flexibility index (Phi) is 5.73. The largest absolute Gasteiger partial charge is 0.396 e. The lowest BCUT2D eigenvalue weighted by Gasteiger charge is -2.16. The summed E-state index contributed by atoms with van der Waals surface area (Å²) in [6.07, 6.45) is 2.46. The van der Waals surface area contributed by atoms with E-state index in [1.807, 2.05) is 23.1 Å². The summed E-state index contributed by atoms with van der Waals surface area (Å²) >= 11 is 1.73. The van der Waals surface area contributed by atoms with Gasteiger partial charge in [-0.25, -0.2) is 0 Å². The van der Waals surface area contributed by atoms with Gasteiger partial charge in [-0.3, -0.25) is 4.79 Å². The molecule has 1 amide bonds. The first-order chi connectivity index (χ1) is 9.29. The summed E-state index contributed by atoms with van der Waals surface area (Å²) in [5, 5.41) is 8.91. The number of aliphatic hydroxyl groups is 1. The highest BCUT2D eigenvalue weighted by Crippen LogP contribution is 2.22. The van der Waals surface area contributed by atoms with Gasteiger partial charge >= 0.3 is 0 Å². The third-order valence-electron chi connectivity index (χ3n) is 3.50. The van der Waals surface area contributed by atoms with Gasteiger partial charge in [-0.1, -0.05) is 18.2 Å². The zero-order valence-electron chi connectivity index (χ0n) is 11.1. The Morgan fingerprint density at radius 2 is 2.16 bits per heavy atom. The van der Waals surface area contributed by atoms with Crippen molar-refractivity contribution in [3.8, 4) is 0 Å². The van der Waals surface area contributed by atoms with Crippen LogP contribution in [0.15, 0.2) is 35.2 Å². The number of likely N-dealkylation sites (tertiary alicyclic amines) is 1. The fourth-order valence-corrected chi connectivity index (χ4v) is 3.27. The monoisotopic (exact) mass is 279 g/mol. The fraction of sp³-hybridized carbons (Fsp3) is 0.533. The number of aliphatic hydroxyl groups excluding tert-OH is 1. The van der Waals surface area contributed by atoms with Gasteiger partial charge in [0, 0.05) is 36.8 Å². The standard InChI is InChI=1S/C15H21NO2S/c17-10-7-13-6-9-16(12-13)15(18)8-11-19-14-4-2-1-3-5-14/h1-5,13,17H,6-12H2. The predicted molar refractivity (Wildman–Crippen MR) is 78.2 cm³/mol. The van der Waals surface area contributed by atoms with Crippen molar-refractivity contribution in [1.29, 1.82) is 0 Å². The summed E-state index contributed by atoms with van der Waals surface area (Å²) in [4.78, 5) is 15.2. The second-order valence-electron chi connectivity index (χ2n) is 4.92. The Morgan fingerprint density at radius 1 is 1.37 bits per heavy atom. The van der Waals surface area contributed by atoms with Crippen LogP contribution in [-0.2, 0) is 4.79 Å². The molecule has 0 radical (unpaired) electrons. The number of rotatable bonds is 6. The number of hydrogen-bond donors (Lipinski definition) is 1. The average molecular weight is 279 g/mol. The minimum atomic E-state index is 0.233. The minimum absolute atomic E-state index is 0.233. The molecule has 1 saturated heterocycles. The molecule has 1 atom stereocenters. The SMILES string of the molecule is O=C(CCSc1ccccc1)N1CCC(CCO)C1. The number of hydrogen-bond acceptors (Lipinski definition) is 3. The van der Waals surface area contributed by atoms with Crippen LogP contribution in [-0.4, -0.2) is 41.4 Å². The maximum Gasteiger partial charge on any atom is 0.223 e. The number of carbonyl (C=O) groups excluding carboxylic acids is 1. The van der Waals surface area contributed by atoms with Crippen LogP contribution in [0.5, 0.6) is 0 Å².